The molecule has 2 heterocycles. The minimum Gasteiger partial charge on any atom is -0.481 e. The van der Waals surface area contributed by atoms with E-state index in [-0.39, 0.29) is 30.3 Å². The third kappa shape index (κ3) is 13.1. The number of nitrogens with one attached hydrogen (secondary N) is 2. The third-order valence-electron chi connectivity index (χ3n) is 13.1. The molecule has 1 fully saturated rings. The summed E-state index contributed by atoms with van der Waals surface area (Å²) in [6.45, 7) is 5.19. The third-order valence-corrected chi connectivity index (χ3v) is 13.1. The molecule has 2 aromatic rings. The molecular weight excluding hydrogens is 687 g/mol. The largest absolute Gasteiger partial charge is 0.481 e. The lowest BCUT2D eigenvalue weighted by molar-refractivity contribution is -0.146. The highest BCUT2D eigenvalue weighted by Gasteiger charge is 2.46. The molecule has 55 heavy (non-hydrogen) atoms. The van der Waals surface area contributed by atoms with Crippen LogP contribution in [0.5, 0.6) is 0 Å². The maximum absolute atomic E-state index is 12.4. The number of carboxylic acid groups (broad SMARTS) is 1. The van der Waals surface area contributed by atoms with Gasteiger partial charge in [-0.25, -0.2) is 0 Å². The summed E-state index contributed by atoms with van der Waals surface area (Å²) in [6, 6.07) is 12.8. The van der Waals surface area contributed by atoms with Crippen LogP contribution < -0.4 is 11.1 Å². The Kier molecular flexibility index (Phi) is 16.6. The summed E-state index contributed by atoms with van der Waals surface area (Å²) in [5.74, 6) is 0.136. The number of carbonyl (C=O) groups is 1. The molecule has 8 N–H and O–H groups in total. The zero-order chi connectivity index (χ0) is 39.2. The fraction of sp³-hybridized carbons (Fsp3) is 0.638. The molecule has 0 spiro atoms. The molecule has 2 aliphatic carbocycles. The Bertz CT molecular complexity index is 1550. The first-order valence-electron chi connectivity index (χ1n) is 21.6. The molecule has 0 unspecified atom stereocenters. The second-order valence-corrected chi connectivity index (χ2v) is 17.5. The molecule has 1 aliphatic heterocycles. The van der Waals surface area contributed by atoms with Gasteiger partial charge in [-0.1, -0.05) is 101 Å². The number of aliphatic hydroxyl groups is 3. The lowest BCUT2D eigenvalue weighted by Gasteiger charge is -2.32. The van der Waals surface area contributed by atoms with E-state index in [1.54, 1.807) is 0 Å². The Hall–Kier alpha value is -3.33. The van der Waals surface area contributed by atoms with Gasteiger partial charge >= 0.3 is 5.97 Å². The second-order valence-electron chi connectivity index (χ2n) is 17.5. The number of benzene rings is 1. The summed E-state index contributed by atoms with van der Waals surface area (Å²) in [5.41, 5.74) is 9.99. The molecule has 1 aromatic heterocycles. The zero-order valence-electron chi connectivity index (χ0n) is 33.7. The van der Waals surface area contributed by atoms with Crippen molar-refractivity contribution in [2.75, 3.05) is 6.54 Å². The smallest absolute Gasteiger partial charge is 0.309 e. The number of aliphatic carboxylic acids is 1. The highest BCUT2D eigenvalue weighted by atomic mass is 16.4. The molecule has 8 nitrogen and oxygen atoms in total. The quantitative estimate of drug-likeness (QED) is 0.0443. The van der Waals surface area contributed by atoms with Crippen molar-refractivity contribution >= 4 is 5.97 Å². The lowest BCUT2D eigenvalue weighted by atomic mass is 9.80. The van der Waals surface area contributed by atoms with E-state index in [2.05, 4.69) is 85.0 Å². The topological polar surface area (TPSA) is 152 Å². The van der Waals surface area contributed by atoms with Crippen LogP contribution in [0.3, 0.4) is 0 Å². The summed E-state index contributed by atoms with van der Waals surface area (Å²) in [6.07, 6.45) is 24.7. The summed E-state index contributed by atoms with van der Waals surface area (Å²) >= 11 is 0. The van der Waals surface area contributed by atoms with E-state index in [4.69, 9.17) is 5.73 Å². The van der Waals surface area contributed by atoms with Gasteiger partial charge in [0.2, 0.25) is 0 Å². The van der Waals surface area contributed by atoms with Crippen molar-refractivity contribution in [2.24, 2.45) is 35.3 Å². The Morgan fingerprint density at radius 1 is 1.00 bits per heavy atom. The number of unbranched alkanes of at least 4 members (excludes halogenated alkanes) is 4. The van der Waals surface area contributed by atoms with Crippen molar-refractivity contribution in [1.82, 2.24) is 10.3 Å². The predicted octanol–water partition coefficient (Wildman–Crippen LogP) is 8.70. The molecule has 0 amide bonds. The number of carboxylic acids is 1. The standard InChI is InChI=1S/C47H71N3O5/c1-3-4-7-14-35-19-20-38(44(52)27-35)15-10-6-11-16-42(46(53)54)43(51)21-23-47(55)31-37(25-36-22-24-49-45(48)28-36)26-40(47)30-41-29-39(32-50-41)33(2)17-18-34-12-8-5-9-13-34/h5,8-9,12-13,19-20,22,28-29,32-33,35,37-38,40,42-44,49-52,55H,3-4,6-7,10-11,14-18,21,23-27,30-31,48H2,1-2H3,(H,53,54)/t33-,35-,37-,38-,40+,42+,43-,44-,47+/m1/s1. The molecule has 5 rings (SSSR count). The normalized spacial score (nSPS) is 26.9. The number of hydrogen-bond acceptors (Lipinski definition) is 6. The van der Waals surface area contributed by atoms with Gasteiger partial charge in [-0.3, -0.25) is 4.79 Å². The molecule has 3 aliphatic rings. The molecule has 1 aromatic carbocycles. The number of aromatic nitrogens is 1. The van der Waals surface area contributed by atoms with Gasteiger partial charge in [0.1, 0.15) is 0 Å². The number of H-pyrrole nitrogens is 1. The van der Waals surface area contributed by atoms with Gasteiger partial charge < -0.3 is 36.5 Å². The van der Waals surface area contributed by atoms with E-state index in [9.17, 15) is 25.2 Å². The molecule has 1 saturated carbocycles. The van der Waals surface area contributed by atoms with Crippen LogP contribution in [0.2, 0.25) is 0 Å². The van der Waals surface area contributed by atoms with Gasteiger partial charge in [-0.2, -0.15) is 0 Å². The zero-order valence-corrected chi connectivity index (χ0v) is 33.7. The number of allylic oxidation sites excluding steroid dienone is 3. The highest BCUT2D eigenvalue weighted by molar-refractivity contribution is 5.70. The maximum Gasteiger partial charge on any atom is 0.309 e. The van der Waals surface area contributed by atoms with Crippen LogP contribution in [0.15, 0.2) is 78.3 Å². The van der Waals surface area contributed by atoms with Gasteiger partial charge in [-0.05, 0) is 130 Å². The monoisotopic (exact) mass is 758 g/mol. The second kappa shape index (κ2) is 21.3. The number of dihydropyridines is 1. The van der Waals surface area contributed by atoms with Crippen molar-refractivity contribution in [3.05, 3.63) is 95.1 Å². The van der Waals surface area contributed by atoms with E-state index in [0.29, 0.717) is 56.3 Å². The number of rotatable bonds is 23. The van der Waals surface area contributed by atoms with E-state index < -0.39 is 23.6 Å². The molecular formula is C47H71N3O5. The highest BCUT2D eigenvalue weighted by Crippen LogP contribution is 2.47. The van der Waals surface area contributed by atoms with Crippen LogP contribution in [0, 0.1) is 29.6 Å². The number of hydrogen-bond donors (Lipinski definition) is 7. The SMILES string of the molecule is CCCCC[C@@H]1C=C[C@@H](CCCCC[C@H](C(=O)O)[C@H](O)CC[C@]2(O)C[C@H](CC3=CCNC(N)=C3)C[C@H]2Cc2cc([C@H](C)CCc3ccccc3)c[nH]2)[C@H](O)C1. The fourth-order valence-corrected chi connectivity index (χ4v) is 9.67. The van der Waals surface area contributed by atoms with Crippen LogP contribution in [0.25, 0.3) is 0 Å². The Morgan fingerprint density at radius 3 is 2.55 bits per heavy atom. The average Bonchev–Trinajstić information content (AvgIpc) is 3.76. The number of aliphatic hydroxyl groups excluding tert-OH is 2. The van der Waals surface area contributed by atoms with E-state index in [1.807, 2.05) is 6.08 Å². The van der Waals surface area contributed by atoms with Crippen molar-refractivity contribution in [3.63, 3.8) is 0 Å². The summed E-state index contributed by atoms with van der Waals surface area (Å²) in [7, 11) is 0. The van der Waals surface area contributed by atoms with Crippen molar-refractivity contribution in [2.45, 2.75) is 153 Å². The van der Waals surface area contributed by atoms with Crippen LogP contribution in [0.4, 0.5) is 0 Å². The Balaban J connectivity index is 1.14. The van der Waals surface area contributed by atoms with Crippen molar-refractivity contribution in [3.8, 4) is 0 Å². The minimum absolute atomic E-state index is 0.0152. The minimum atomic E-state index is -1.02. The lowest BCUT2D eigenvalue weighted by Crippen LogP contribution is -2.37. The number of aromatic amines is 1. The summed E-state index contributed by atoms with van der Waals surface area (Å²) < 4.78 is 0. The Labute approximate surface area is 330 Å². The number of aryl methyl sites for hydroxylation is 1. The van der Waals surface area contributed by atoms with Crippen LogP contribution in [-0.4, -0.2) is 55.7 Å². The predicted molar refractivity (Wildman–Crippen MR) is 222 cm³/mol. The first-order chi connectivity index (χ1) is 26.5. The number of nitrogens with two attached hydrogens (primary N) is 1. The maximum atomic E-state index is 12.4. The Morgan fingerprint density at radius 2 is 1.80 bits per heavy atom. The van der Waals surface area contributed by atoms with Gasteiger partial charge in [-0.15, -0.1) is 0 Å². The average molecular weight is 758 g/mol. The first-order valence-corrected chi connectivity index (χ1v) is 21.6. The fourth-order valence-electron chi connectivity index (χ4n) is 9.67. The molecule has 0 radical (unpaired) electrons. The van der Waals surface area contributed by atoms with Crippen LogP contribution >= 0.6 is 0 Å². The van der Waals surface area contributed by atoms with Gasteiger partial charge in [0, 0.05) is 24.4 Å². The van der Waals surface area contributed by atoms with E-state index >= 15 is 0 Å². The summed E-state index contributed by atoms with van der Waals surface area (Å²) in [4.78, 5) is 15.9. The van der Waals surface area contributed by atoms with Crippen molar-refractivity contribution < 1.29 is 25.2 Å². The van der Waals surface area contributed by atoms with Crippen molar-refractivity contribution in [1.29, 1.82) is 0 Å². The van der Waals surface area contributed by atoms with Crippen LogP contribution in [-0.2, 0) is 17.6 Å². The molecule has 9 atom stereocenters. The van der Waals surface area contributed by atoms with E-state index in [0.717, 1.165) is 63.5 Å². The van der Waals surface area contributed by atoms with Crippen LogP contribution in [0.1, 0.15) is 139 Å². The van der Waals surface area contributed by atoms with E-state index in [1.165, 1.54) is 36.0 Å². The molecule has 304 valence electrons. The summed E-state index contributed by atoms with van der Waals surface area (Å²) in [5, 5.41) is 47.7. The molecule has 0 saturated heterocycles. The molecule has 0 bridgehead atoms. The van der Waals surface area contributed by atoms with Gasteiger partial charge in [0.25, 0.3) is 0 Å². The van der Waals surface area contributed by atoms with Gasteiger partial charge in [0.05, 0.1) is 29.5 Å². The first kappa shape index (κ1) is 42.8. The van der Waals surface area contributed by atoms with Gasteiger partial charge in [0.15, 0.2) is 0 Å². The molecule has 8 heteroatoms.